The number of anilines is 1. The highest BCUT2D eigenvalue weighted by atomic mass is 35.5. The van der Waals surface area contributed by atoms with Crippen molar-refractivity contribution in [1.82, 2.24) is 9.78 Å². The SMILES string of the molecule is CCOC(=O)CCn1cc(Cl)c(N)n1. The molecule has 78 valence electrons. The Hall–Kier alpha value is -1.23. The van der Waals surface area contributed by atoms with Crippen LogP contribution in [-0.2, 0) is 16.1 Å². The molecule has 0 aliphatic heterocycles. The second kappa shape index (κ2) is 4.85. The molecule has 0 radical (unpaired) electrons. The van der Waals surface area contributed by atoms with Crippen LogP contribution >= 0.6 is 11.6 Å². The maximum Gasteiger partial charge on any atom is 0.307 e. The number of carbonyl (C=O) groups is 1. The minimum Gasteiger partial charge on any atom is -0.466 e. The van der Waals surface area contributed by atoms with Crippen molar-refractivity contribution in [3.63, 3.8) is 0 Å². The Morgan fingerprint density at radius 3 is 3.00 bits per heavy atom. The van der Waals surface area contributed by atoms with E-state index in [1.54, 1.807) is 13.1 Å². The average molecular weight is 218 g/mol. The number of carbonyl (C=O) groups excluding carboxylic acids is 1. The highest BCUT2D eigenvalue weighted by molar-refractivity contribution is 6.32. The van der Waals surface area contributed by atoms with E-state index in [4.69, 9.17) is 22.1 Å². The Bertz CT molecular complexity index is 305. The topological polar surface area (TPSA) is 70.1 Å². The Balaban J connectivity index is 2.42. The van der Waals surface area contributed by atoms with Crippen molar-refractivity contribution in [3.05, 3.63) is 11.2 Å². The fraction of sp³-hybridized carbons (Fsp3) is 0.500. The van der Waals surface area contributed by atoms with E-state index in [9.17, 15) is 4.79 Å². The number of nitrogen functional groups attached to an aromatic ring is 1. The number of nitrogens with two attached hydrogens (primary N) is 1. The molecule has 1 aromatic heterocycles. The molecule has 0 aromatic carbocycles. The fourth-order valence-corrected chi connectivity index (χ4v) is 1.12. The molecule has 1 rings (SSSR count). The van der Waals surface area contributed by atoms with Gasteiger partial charge in [-0.15, -0.1) is 0 Å². The lowest BCUT2D eigenvalue weighted by atomic mass is 10.4. The normalized spacial score (nSPS) is 10.1. The molecule has 0 spiro atoms. The first-order chi connectivity index (χ1) is 6.63. The monoisotopic (exact) mass is 217 g/mol. The summed E-state index contributed by atoms with van der Waals surface area (Å²) in [6.07, 6.45) is 1.85. The maximum absolute atomic E-state index is 11.0. The van der Waals surface area contributed by atoms with Crippen molar-refractivity contribution < 1.29 is 9.53 Å². The van der Waals surface area contributed by atoms with E-state index in [-0.39, 0.29) is 18.2 Å². The zero-order valence-corrected chi connectivity index (χ0v) is 8.62. The minimum absolute atomic E-state index is 0.252. The standard InChI is InChI=1S/C8H12ClN3O2/c1-2-14-7(13)3-4-12-5-6(9)8(10)11-12/h5H,2-4H2,1H3,(H2,10,11). The van der Waals surface area contributed by atoms with Gasteiger partial charge in [-0.3, -0.25) is 9.48 Å². The highest BCUT2D eigenvalue weighted by Crippen LogP contribution is 2.15. The molecule has 14 heavy (non-hydrogen) atoms. The lowest BCUT2D eigenvalue weighted by Crippen LogP contribution is -2.09. The first-order valence-electron chi connectivity index (χ1n) is 4.27. The molecule has 5 nitrogen and oxygen atoms in total. The molecule has 0 saturated heterocycles. The van der Waals surface area contributed by atoms with Crippen molar-refractivity contribution in [3.8, 4) is 0 Å². The molecule has 0 atom stereocenters. The summed E-state index contributed by atoms with van der Waals surface area (Å²) in [5.41, 5.74) is 5.43. The van der Waals surface area contributed by atoms with Crippen LogP contribution in [-0.4, -0.2) is 22.4 Å². The number of nitrogens with zero attached hydrogens (tertiary/aromatic N) is 2. The molecule has 0 aliphatic rings. The summed E-state index contributed by atoms with van der Waals surface area (Å²) in [7, 11) is 0. The van der Waals surface area contributed by atoms with Crippen LogP contribution in [0, 0.1) is 0 Å². The number of aryl methyl sites for hydroxylation is 1. The number of hydrogen-bond donors (Lipinski definition) is 1. The summed E-state index contributed by atoms with van der Waals surface area (Å²) in [6, 6.07) is 0. The van der Waals surface area contributed by atoms with Gasteiger partial charge < -0.3 is 10.5 Å². The van der Waals surface area contributed by atoms with Crippen LogP contribution in [0.2, 0.25) is 5.02 Å². The molecular formula is C8H12ClN3O2. The number of esters is 1. The summed E-state index contributed by atoms with van der Waals surface area (Å²) >= 11 is 5.68. The highest BCUT2D eigenvalue weighted by Gasteiger charge is 2.05. The van der Waals surface area contributed by atoms with E-state index in [2.05, 4.69) is 5.10 Å². The number of hydrogen-bond acceptors (Lipinski definition) is 4. The van der Waals surface area contributed by atoms with Crippen LogP contribution in [0.3, 0.4) is 0 Å². The minimum atomic E-state index is -0.252. The van der Waals surface area contributed by atoms with Crippen LogP contribution in [0.25, 0.3) is 0 Å². The molecule has 2 N–H and O–H groups in total. The molecular weight excluding hydrogens is 206 g/mol. The predicted molar refractivity (Wildman–Crippen MR) is 52.9 cm³/mol. The van der Waals surface area contributed by atoms with Gasteiger partial charge in [-0.1, -0.05) is 11.6 Å². The van der Waals surface area contributed by atoms with Crippen LogP contribution in [0.5, 0.6) is 0 Å². The van der Waals surface area contributed by atoms with Crippen molar-refractivity contribution in [2.75, 3.05) is 12.3 Å². The van der Waals surface area contributed by atoms with Crippen LogP contribution in [0.1, 0.15) is 13.3 Å². The average Bonchev–Trinajstić information content (AvgIpc) is 2.44. The third kappa shape index (κ3) is 2.92. The molecule has 1 heterocycles. The van der Waals surface area contributed by atoms with E-state index in [1.165, 1.54) is 4.68 Å². The Morgan fingerprint density at radius 2 is 2.50 bits per heavy atom. The number of rotatable bonds is 4. The first kappa shape index (κ1) is 10.8. The molecule has 0 bridgehead atoms. The Labute approximate surface area is 86.8 Å². The summed E-state index contributed by atoms with van der Waals surface area (Å²) in [5.74, 6) is 0.0215. The van der Waals surface area contributed by atoms with E-state index >= 15 is 0 Å². The van der Waals surface area contributed by atoms with Crippen molar-refractivity contribution >= 4 is 23.4 Å². The molecule has 0 fully saturated rings. The fourth-order valence-electron chi connectivity index (χ4n) is 0.966. The van der Waals surface area contributed by atoms with Gasteiger partial charge in [0.2, 0.25) is 0 Å². The first-order valence-corrected chi connectivity index (χ1v) is 4.65. The van der Waals surface area contributed by atoms with Gasteiger partial charge in [0.1, 0.15) is 5.02 Å². The molecule has 0 unspecified atom stereocenters. The summed E-state index contributed by atoms with van der Waals surface area (Å²) in [4.78, 5) is 11.0. The summed E-state index contributed by atoms with van der Waals surface area (Å²) < 4.78 is 6.28. The molecule has 6 heteroatoms. The van der Waals surface area contributed by atoms with Gasteiger partial charge in [-0.2, -0.15) is 5.10 Å². The second-order valence-corrected chi connectivity index (χ2v) is 3.09. The Kier molecular flexibility index (Phi) is 3.76. The number of aromatic nitrogens is 2. The quantitative estimate of drug-likeness (QED) is 0.766. The van der Waals surface area contributed by atoms with Crippen molar-refractivity contribution in [2.24, 2.45) is 0 Å². The second-order valence-electron chi connectivity index (χ2n) is 2.68. The van der Waals surface area contributed by atoms with Crippen molar-refractivity contribution in [2.45, 2.75) is 19.9 Å². The summed E-state index contributed by atoms with van der Waals surface area (Å²) in [6.45, 7) is 2.58. The third-order valence-electron chi connectivity index (χ3n) is 1.59. The lowest BCUT2D eigenvalue weighted by molar-refractivity contribution is -0.143. The number of ether oxygens (including phenoxy) is 1. The number of halogens is 1. The molecule has 0 amide bonds. The molecule has 0 aliphatic carbocycles. The van der Waals surface area contributed by atoms with Gasteiger partial charge in [-0.25, -0.2) is 0 Å². The van der Waals surface area contributed by atoms with Crippen LogP contribution < -0.4 is 5.73 Å². The third-order valence-corrected chi connectivity index (χ3v) is 1.88. The van der Waals surface area contributed by atoms with Gasteiger partial charge in [0.25, 0.3) is 0 Å². The molecule has 1 aromatic rings. The maximum atomic E-state index is 11.0. The smallest absolute Gasteiger partial charge is 0.307 e. The largest absolute Gasteiger partial charge is 0.466 e. The van der Waals surface area contributed by atoms with Gasteiger partial charge in [0.15, 0.2) is 5.82 Å². The van der Waals surface area contributed by atoms with E-state index in [0.29, 0.717) is 18.2 Å². The summed E-state index contributed by atoms with van der Waals surface area (Å²) in [5, 5.41) is 4.29. The van der Waals surface area contributed by atoms with Crippen LogP contribution in [0.4, 0.5) is 5.82 Å². The van der Waals surface area contributed by atoms with Gasteiger partial charge in [0.05, 0.1) is 19.6 Å². The van der Waals surface area contributed by atoms with Gasteiger partial charge in [0, 0.05) is 6.20 Å². The van der Waals surface area contributed by atoms with Gasteiger partial charge >= 0.3 is 5.97 Å². The van der Waals surface area contributed by atoms with E-state index in [1.807, 2.05) is 0 Å². The Morgan fingerprint density at radius 1 is 1.79 bits per heavy atom. The van der Waals surface area contributed by atoms with E-state index < -0.39 is 0 Å². The predicted octanol–water partition coefficient (Wildman–Crippen LogP) is 1.07. The molecule has 0 saturated carbocycles. The lowest BCUT2D eigenvalue weighted by Gasteiger charge is -2.01. The zero-order chi connectivity index (χ0) is 10.6. The zero-order valence-electron chi connectivity index (χ0n) is 7.86. The van der Waals surface area contributed by atoms with Crippen LogP contribution in [0.15, 0.2) is 6.20 Å². The van der Waals surface area contributed by atoms with Crippen molar-refractivity contribution in [1.29, 1.82) is 0 Å². The van der Waals surface area contributed by atoms with E-state index in [0.717, 1.165) is 0 Å². The van der Waals surface area contributed by atoms with Gasteiger partial charge in [-0.05, 0) is 6.92 Å².